The van der Waals surface area contributed by atoms with Gasteiger partial charge in [0.05, 0.1) is 12.2 Å². The summed E-state index contributed by atoms with van der Waals surface area (Å²) in [5.41, 5.74) is 0. The van der Waals surface area contributed by atoms with Crippen LogP contribution in [0, 0.1) is 0 Å². The summed E-state index contributed by atoms with van der Waals surface area (Å²) in [6, 6.07) is 0. The predicted molar refractivity (Wildman–Crippen MR) is 91.7 cm³/mol. The van der Waals surface area contributed by atoms with Gasteiger partial charge in [0.2, 0.25) is 0 Å². The average Bonchev–Trinajstić information content (AvgIpc) is 2.75. The maximum Gasteiger partial charge on any atom is 0.164 e. The third-order valence-electron chi connectivity index (χ3n) is 3.66. The van der Waals surface area contributed by atoms with E-state index in [2.05, 4.69) is 25.7 Å². The highest BCUT2D eigenvalue weighted by atomic mass is 16.7. The van der Waals surface area contributed by atoms with Crippen LogP contribution in [0.25, 0.3) is 0 Å². The first-order valence-corrected chi connectivity index (χ1v) is 8.46. The van der Waals surface area contributed by atoms with Gasteiger partial charge in [0.15, 0.2) is 5.79 Å². The molecule has 1 aliphatic rings. The molecule has 1 aliphatic heterocycles. The molecule has 1 rings (SSSR count). The number of allylic oxidation sites excluding steroid dienone is 1. The summed E-state index contributed by atoms with van der Waals surface area (Å²) in [5.74, 6) is -0.570. The van der Waals surface area contributed by atoms with Gasteiger partial charge in [0.25, 0.3) is 0 Å². The van der Waals surface area contributed by atoms with E-state index in [4.69, 9.17) is 9.47 Å². The van der Waals surface area contributed by atoms with Gasteiger partial charge in [-0.3, -0.25) is 0 Å². The highest BCUT2D eigenvalue weighted by molar-refractivity contribution is 5.03. The van der Waals surface area contributed by atoms with Crippen molar-refractivity contribution < 1.29 is 14.6 Å². The van der Waals surface area contributed by atoms with Gasteiger partial charge < -0.3 is 14.6 Å². The van der Waals surface area contributed by atoms with Gasteiger partial charge in [0, 0.05) is 0 Å². The summed E-state index contributed by atoms with van der Waals surface area (Å²) in [6.45, 7) is 9.71. The molecule has 3 heteroatoms. The highest BCUT2D eigenvalue weighted by Gasteiger charge is 2.39. The van der Waals surface area contributed by atoms with E-state index in [0.717, 1.165) is 12.8 Å². The van der Waals surface area contributed by atoms with Crippen LogP contribution in [0.4, 0.5) is 0 Å². The Morgan fingerprint density at radius 1 is 1.23 bits per heavy atom. The van der Waals surface area contributed by atoms with Gasteiger partial charge in [-0.15, -0.1) is 6.58 Å². The van der Waals surface area contributed by atoms with Gasteiger partial charge in [-0.05, 0) is 39.5 Å². The molecule has 0 aromatic carbocycles. The molecular weight excluding hydrogens is 276 g/mol. The van der Waals surface area contributed by atoms with Crippen molar-refractivity contribution >= 4 is 0 Å². The molecular formula is C19H32O3. The summed E-state index contributed by atoms with van der Waals surface area (Å²) in [6.07, 6.45) is 15.5. The summed E-state index contributed by atoms with van der Waals surface area (Å²) < 4.78 is 11.9. The summed E-state index contributed by atoms with van der Waals surface area (Å²) in [7, 11) is 0. The molecule has 3 nitrogen and oxygen atoms in total. The Labute approximate surface area is 135 Å². The Kier molecular flexibility index (Phi) is 8.69. The van der Waals surface area contributed by atoms with E-state index in [1.54, 1.807) is 12.2 Å². The van der Waals surface area contributed by atoms with Crippen LogP contribution >= 0.6 is 0 Å². The molecule has 1 N–H and O–H groups in total. The SMILES string of the molecule is C=CC[C@H](O)/C=C/[C@H]1OC(C)(C)O[C@@H]1C/C=C\CCCCC. The molecule has 0 aromatic rings. The fourth-order valence-electron chi connectivity index (χ4n) is 2.56. The number of hydrogen-bond donors (Lipinski definition) is 1. The van der Waals surface area contributed by atoms with E-state index < -0.39 is 11.9 Å². The summed E-state index contributed by atoms with van der Waals surface area (Å²) in [4.78, 5) is 0. The molecule has 0 spiro atoms. The lowest BCUT2D eigenvalue weighted by molar-refractivity contribution is -0.142. The predicted octanol–water partition coefficient (Wildman–Crippen LogP) is 4.53. The highest BCUT2D eigenvalue weighted by Crippen LogP contribution is 2.31. The van der Waals surface area contributed by atoms with Crippen LogP contribution < -0.4 is 0 Å². The van der Waals surface area contributed by atoms with Gasteiger partial charge >= 0.3 is 0 Å². The van der Waals surface area contributed by atoms with Crippen molar-refractivity contribution in [1.82, 2.24) is 0 Å². The Morgan fingerprint density at radius 2 is 2.00 bits per heavy atom. The van der Waals surface area contributed by atoms with Crippen molar-refractivity contribution in [3.63, 3.8) is 0 Å². The maximum atomic E-state index is 9.75. The third kappa shape index (κ3) is 7.39. The minimum Gasteiger partial charge on any atom is -0.389 e. The molecule has 3 atom stereocenters. The number of ether oxygens (including phenoxy) is 2. The molecule has 1 saturated heterocycles. The van der Waals surface area contributed by atoms with Gasteiger partial charge in [0.1, 0.15) is 6.10 Å². The molecule has 126 valence electrons. The zero-order chi connectivity index (χ0) is 16.4. The molecule has 0 aromatic heterocycles. The van der Waals surface area contributed by atoms with Crippen LogP contribution in [0.3, 0.4) is 0 Å². The van der Waals surface area contributed by atoms with Crippen molar-refractivity contribution in [3.8, 4) is 0 Å². The second-order valence-electron chi connectivity index (χ2n) is 6.32. The van der Waals surface area contributed by atoms with Gasteiger partial charge in [-0.2, -0.15) is 0 Å². The van der Waals surface area contributed by atoms with Crippen molar-refractivity contribution in [3.05, 3.63) is 37.0 Å². The molecule has 0 radical (unpaired) electrons. The molecule has 0 amide bonds. The van der Waals surface area contributed by atoms with Crippen LogP contribution in [0.5, 0.6) is 0 Å². The first-order chi connectivity index (χ1) is 10.5. The number of unbranched alkanes of at least 4 members (excludes halogenated alkanes) is 3. The molecule has 0 aliphatic carbocycles. The lowest BCUT2D eigenvalue weighted by Gasteiger charge is -2.16. The normalized spacial score (nSPS) is 26.0. The maximum absolute atomic E-state index is 9.75. The minimum absolute atomic E-state index is 0.00427. The topological polar surface area (TPSA) is 38.7 Å². The Hall–Kier alpha value is -0.900. The molecule has 1 fully saturated rings. The van der Waals surface area contributed by atoms with E-state index in [1.807, 2.05) is 19.9 Å². The van der Waals surface area contributed by atoms with Crippen molar-refractivity contribution in [2.24, 2.45) is 0 Å². The Balaban J connectivity index is 2.48. The average molecular weight is 308 g/mol. The van der Waals surface area contributed by atoms with E-state index in [-0.39, 0.29) is 12.2 Å². The summed E-state index contributed by atoms with van der Waals surface area (Å²) in [5, 5.41) is 9.75. The lowest BCUT2D eigenvalue weighted by Crippen LogP contribution is -2.21. The summed E-state index contributed by atoms with van der Waals surface area (Å²) >= 11 is 0. The minimum atomic E-state index is -0.570. The first-order valence-electron chi connectivity index (χ1n) is 8.46. The first kappa shape index (κ1) is 19.1. The largest absolute Gasteiger partial charge is 0.389 e. The molecule has 1 heterocycles. The van der Waals surface area contributed by atoms with Crippen molar-refractivity contribution in [2.75, 3.05) is 0 Å². The van der Waals surface area contributed by atoms with Crippen LogP contribution in [0.2, 0.25) is 0 Å². The molecule has 0 unspecified atom stereocenters. The van der Waals surface area contributed by atoms with E-state index in [1.165, 1.54) is 19.3 Å². The number of aliphatic hydroxyl groups is 1. The molecule has 22 heavy (non-hydrogen) atoms. The monoisotopic (exact) mass is 308 g/mol. The van der Waals surface area contributed by atoms with Crippen molar-refractivity contribution in [2.45, 2.75) is 83.4 Å². The van der Waals surface area contributed by atoms with Gasteiger partial charge in [-0.25, -0.2) is 0 Å². The number of hydrogen-bond acceptors (Lipinski definition) is 3. The number of rotatable bonds is 10. The smallest absolute Gasteiger partial charge is 0.164 e. The third-order valence-corrected chi connectivity index (χ3v) is 3.66. The zero-order valence-electron chi connectivity index (χ0n) is 14.3. The van der Waals surface area contributed by atoms with Crippen LogP contribution in [0.15, 0.2) is 37.0 Å². The van der Waals surface area contributed by atoms with Crippen molar-refractivity contribution in [1.29, 1.82) is 0 Å². The quantitative estimate of drug-likeness (QED) is 0.476. The standard InChI is InChI=1S/C19H32O3/c1-5-7-8-9-10-11-13-17-18(22-19(3,4)21-17)15-14-16(20)12-6-2/h6,10-11,14-18,20H,2,5,7-9,12-13H2,1,3-4H3/b11-10-,15-14+/t16-,17+,18+/m0/s1. The van der Waals surface area contributed by atoms with Crippen LogP contribution in [0.1, 0.15) is 59.3 Å². The molecule has 0 saturated carbocycles. The van der Waals surface area contributed by atoms with Crippen LogP contribution in [-0.2, 0) is 9.47 Å². The fraction of sp³-hybridized carbons (Fsp3) is 0.684. The van der Waals surface area contributed by atoms with Crippen LogP contribution in [-0.4, -0.2) is 29.2 Å². The zero-order valence-corrected chi connectivity index (χ0v) is 14.3. The van der Waals surface area contributed by atoms with E-state index in [0.29, 0.717) is 6.42 Å². The van der Waals surface area contributed by atoms with Gasteiger partial charge in [-0.1, -0.05) is 50.1 Å². The Bertz CT molecular complexity index is 371. The fourth-order valence-corrected chi connectivity index (χ4v) is 2.56. The second kappa shape index (κ2) is 9.98. The van der Waals surface area contributed by atoms with E-state index >= 15 is 0 Å². The van der Waals surface area contributed by atoms with E-state index in [9.17, 15) is 5.11 Å². The second-order valence-corrected chi connectivity index (χ2v) is 6.32. The number of aliphatic hydroxyl groups excluding tert-OH is 1. The Morgan fingerprint density at radius 3 is 2.68 bits per heavy atom. The molecule has 0 bridgehead atoms. The lowest BCUT2D eigenvalue weighted by atomic mass is 10.1.